The Balaban J connectivity index is 2.59. The molecule has 0 fully saturated rings. The van der Waals surface area contributed by atoms with Gasteiger partial charge < -0.3 is 10.6 Å². The van der Waals surface area contributed by atoms with Crippen molar-refractivity contribution in [1.82, 2.24) is 14.7 Å². The molecule has 0 amide bonds. The molecule has 5 heteroatoms. The Kier molecular flexibility index (Phi) is 3.59. The van der Waals surface area contributed by atoms with Crippen molar-refractivity contribution in [3.8, 4) is 11.1 Å². The van der Waals surface area contributed by atoms with Crippen LogP contribution in [0.25, 0.3) is 11.1 Å². The SMILES string of the molecule is CN(C)Cc1nn(C)c(N)c1-c1ccccc1Cl. The minimum absolute atomic E-state index is 0.639. The Morgan fingerprint density at radius 2 is 2.00 bits per heavy atom. The maximum atomic E-state index is 6.24. The number of aromatic nitrogens is 2. The van der Waals surface area contributed by atoms with Gasteiger partial charge in [-0.3, -0.25) is 4.68 Å². The van der Waals surface area contributed by atoms with Crippen LogP contribution < -0.4 is 5.73 Å². The van der Waals surface area contributed by atoms with E-state index < -0.39 is 0 Å². The van der Waals surface area contributed by atoms with Gasteiger partial charge in [-0.1, -0.05) is 29.8 Å². The minimum Gasteiger partial charge on any atom is -0.383 e. The predicted octanol–water partition coefficient (Wildman–Crippen LogP) is 2.38. The molecule has 0 aliphatic heterocycles. The Bertz CT molecular complexity index is 560. The molecule has 0 atom stereocenters. The fraction of sp³-hybridized carbons (Fsp3) is 0.308. The molecule has 0 radical (unpaired) electrons. The second kappa shape index (κ2) is 5.00. The summed E-state index contributed by atoms with van der Waals surface area (Å²) >= 11 is 6.24. The first-order valence-electron chi connectivity index (χ1n) is 5.71. The first-order chi connectivity index (χ1) is 8.50. The third-order valence-corrected chi connectivity index (χ3v) is 3.10. The van der Waals surface area contributed by atoms with Crippen LogP contribution in [0.2, 0.25) is 5.02 Å². The first kappa shape index (κ1) is 12.9. The standard InChI is InChI=1S/C13H17ClN4/c1-17(2)8-11-12(13(15)18(3)16-11)9-6-4-5-7-10(9)14/h4-7H,8,15H2,1-3H3. The molecule has 2 N–H and O–H groups in total. The largest absolute Gasteiger partial charge is 0.383 e. The normalized spacial score (nSPS) is 11.2. The van der Waals surface area contributed by atoms with Crippen LogP contribution in [0, 0.1) is 0 Å². The average Bonchev–Trinajstić information content (AvgIpc) is 2.55. The second-order valence-corrected chi connectivity index (χ2v) is 4.96. The van der Waals surface area contributed by atoms with Crippen molar-refractivity contribution in [2.45, 2.75) is 6.54 Å². The lowest BCUT2D eigenvalue weighted by atomic mass is 10.1. The maximum Gasteiger partial charge on any atom is 0.129 e. The van der Waals surface area contributed by atoms with E-state index in [1.807, 2.05) is 45.4 Å². The smallest absolute Gasteiger partial charge is 0.129 e. The highest BCUT2D eigenvalue weighted by molar-refractivity contribution is 6.33. The van der Waals surface area contributed by atoms with Gasteiger partial charge in [0.1, 0.15) is 5.82 Å². The number of hydrogen-bond donors (Lipinski definition) is 1. The monoisotopic (exact) mass is 264 g/mol. The van der Waals surface area contributed by atoms with Gasteiger partial charge in [0.15, 0.2) is 0 Å². The van der Waals surface area contributed by atoms with Crippen molar-refractivity contribution >= 4 is 17.4 Å². The molecule has 0 spiro atoms. The first-order valence-corrected chi connectivity index (χ1v) is 6.09. The predicted molar refractivity (Wildman–Crippen MR) is 75.5 cm³/mol. The van der Waals surface area contributed by atoms with Gasteiger partial charge in [0, 0.05) is 29.7 Å². The Morgan fingerprint density at radius 1 is 1.33 bits per heavy atom. The van der Waals surface area contributed by atoms with Gasteiger partial charge in [-0.25, -0.2) is 0 Å². The third-order valence-electron chi connectivity index (χ3n) is 2.77. The van der Waals surface area contributed by atoms with Crippen LogP contribution in [0.5, 0.6) is 0 Å². The summed E-state index contributed by atoms with van der Waals surface area (Å²) in [5.74, 6) is 0.639. The summed E-state index contributed by atoms with van der Waals surface area (Å²) < 4.78 is 1.69. The van der Waals surface area contributed by atoms with E-state index in [4.69, 9.17) is 17.3 Å². The molecule has 1 aromatic heterocycles. The maximum absolute atomic E-state index is 6.24. The number of rotatable bonds is 3. The van der Waals surface area contributed by atoms with Crippen LogP contribution in [-0.2, 0) is 13.6 Å². The minimum atomic E-state index is 0.639. The summed E-state index contributed by atoms with van der Waals surface area (Å²) in [5, 5.41) is 5.15. The van der Waals surface area contributed by atoms with Gasteiger partial charge in [0.25, 0.3) is 0 Å². The molecule has 18 heavy (non-hydrogen) atoms. The van der Waals surface area contributed by atoms with E-state index in [0.29, 0.717) is 10.8 Å². The summed E-state index contributed by atoms with van der Waals surface area (Å²) in [4.78, 5) is 2.06. The van der Waals surface area contributed by atoms with Crippen LogP contribution in [0.1, 0.15) is 5.69 Å². The van der Waals surface area contributed by atoms with Gasteiger partial charge in [-0.05, 0) is 20.2 Å². The highest BCUT2D eigenvalue weighted by atomic mass is 35.5. The molecule has 0 aliphatic rings. The Morgan fingerprint density at radius 3 is 2.61 bits per heavy atom. The van der Waals surface area contributed by atoms with Gasteiger partial charge >= 0.3 is 0 Å². The highest BCUT2D eigenvalue weighted by Crippen LogP contribution is 2.34. The highest BCUT2D eigenvalue weighted by Gasteiger charge is 2.17. The van der Waals surface area contributed by atoms with Crippen molar-refractivity contribution in [3.05, 3.63) is 35.0 Å². The van der Waals surface area contributed by atoms with E-state index >= 15 is 0 Å². The number of halogens is 1. The second-order valence-electron chi connectivity index (χ2n) is 4.55. The fourth-order valence-corrected chi connectivity index (χ4v) is 2.19. The topological polar surface area (TPSA) is 47.1 Å². The lowest BCUT2D eigenvalue weighted by molar-refractivity contribution is 0.395. The van der Waals surface area contributed by atoms with Crippen molar-refractivity contribution in [1.29, 1.82) is 0 Å². The fourth-order valence-electron chi connectivity index (χ4n) is 1.96. The number of nitrogens with zero attached hydrogens (tertiary/aromatic N) is 3. The van der Waals surface area contributed by atoms with Crippen molar-refractivity contribution in [2.75, 3.05) is 19.8 Å². The van der Waals surface area contributed by atoms with Crippen LogP contribution in [0.4, 0.5) is 5.82 Å². The molecule has 1 aromatic carbocycles. The third kappa shape index (κ3) is 2.35. The number of benzene rings is 1. The summed E-state index contributed by atoms with van der Waals surface area (Å²) in [7, 11) is 5.84. The molecular weight excluding hydrogens is 248 g/mol. The van der Waals surface area contributed by atoms with Gasteiger partial charge in [-0.2, -0.15) is 5.10 Å². The molecule has 0 saturated heterocycles. The molecule has 0 aliphatic carbocycles. The van der Waals surface area contributed by atoms with Crippen LogP contribution >= 0.6 is 11.6 Å². The number of hydrogen-bond acceptors (Lipinski definition) is 3. The molecule has 1 heterocycles. The summed E-state index contributed by atoms with van der Waals surface area (Å²) in [6.45, 7) is 0.728. The van der Waals surface area contributed by atoms with E-state index in [0.717, 1.165) is 23.4 Å². The summed E-state index contributed by atoms with van der Waals surface area (Å²) in [5.41, 5.74) is 8.90. The molecule has 4 nitrogen and oxygen atoms in total. The van der Waals surface area contributed by atoms with Gasteiger partial charge in [-0.15, -0.1) is 0 Å². The zero-order chi connectivity index (χ0) is 13.3. The molecule has 2 rings (SSSR count). The van der Waals surface area contributed by atoms with Crippen molar-refractivity contribution in [2.24, 2.45) is 7.05 Å². The van der Waals surface area contributed by atoms with Gasteiger partial charge in [0.2, 0.25) is 0 Å². The van der Waals surface area contributed by atoms with Crippen molar-refractivity contribution in [3.63, 3.8) is 0 Å². The van der Waals surface area contributed by atoms with Crippen LogP contribution in [0.3, 0.4) is 0 Å². The molecule has 0 saturated carbocycles. The lowest BCUT2D eigenvalue weighted by Gasteiger charge is -2.10. The molecule has 0 unspecified atom stereocenters. The zero-order valence-corrected chi connectivity index (χ0v) is 11.6. The van der Waals surface area contributed by atoms with E-state index in [2.05, 4.69) is 10.00 Å². The van der Waals surface area contributed by atoms with Gasteiger partial charge in [0.05, 0.1) is 5.69 Å². The van der Waals surface area contributed by atoms with Crippen molar-refractivity contribution < 1.29 is 0 Å². The Hall–Kier alpha value is -1.52. The zero-order valence-electron chi connectivity index (χ0n) is 10.8. The van der Waals surface area contributed by atoms with E-state index in [9.17, 15) is 0 Å². The number of anilines is 1. The summed E-state index contributed by atoms with van der Waals surface area (Å²) in [6, 6.07) is 7.69. The van der Waals surface area contributed by atoms with Crippen LogP contribution in [-0.4, -0.2) is 28.8 Å². The molecular formula is C13H17ClN4. The number of aryl methyl sites for hydroxylation is 1. The number of nitrogens with two attached hydrogens (primary N) is 1. The molecule has 96 valence electrons. The average molecular weight is 265 g/mol. The van der Waals surface area contributed by atoms with E-state index in [1.54, 1.807) is 4.68 Å². The van der Waals surface area contributed by atoms with E-state index in [-0.39, 0.29) is 0 Å². The summed E-state index contributed by atoms with van der Waals surface area (Å²) in [6.07, 6.45) is 0. The Labute approximate surface area is 112 Å². The molecule has 2 aromatic rings. The molecule has 0 bridgehead atoms. The van der Waals surface area contributed by atoms with E-state index in [1.165, 1.54) is 0 Å². The van der Waals surface area contributed by atoms with Crippen LogP contribution in [0.15, 0.2) is 24.3 Å². The quantitative estimate of drug-likeness (QED) is 0.926. The lowest BCUT2D eigenvalue weighted by Crippen LogP contribution is -2.12. The number of nitrogen functional groups attached to an aromatic ring is 1.